The van der Waals surface area contributed by atoms with Crippen LogP contribution in [0.3, 0.4) is 0 Å². The first-order valence-electron chi connectivity index (χ1n) is 25.4. The summed E-state index contributed by atoms with van der Waals surface area (Å²) in [5.41, 5.74) is 11.1. The van der Waals surface area contributed by atoms with Crippen molar-refractivity contribution in [3.63, 3.8) is 0 Å². The number of hydrogen-bond acceptors (Lipinski definition) is 11. The summed E-state index contributed by atoms with van der Waals surface area (Å²) in [4.78, 5) is 91.2. The van der Waals surface area contributed by atoms with Gasteiger partial charge in [-0.05, 0) is 204 Å². The second-order valence-corrected chi connectivity index (χ2v) is 18.6. The Balaban J connectivity index is 0.925. The largest absolute Gasteiger partial charge is 0.480 e. The van der Waals surface area contributed by atoms with Gasteiger partial charge in [-0.2, -0.15) is 0 Å². The first-order chi connectivity index (χ1) is 35.4. The molecule has 6 aromatic heterocycles. The number of rotatable bonds is 29. The fraction of sp³-hybridized carbons (Fsp3) is 0.386. The molecule has 0 bridgehead atoms. The van der Waals surface area contributed by atoms with Gasteiger partial charge in [0.15, 0.2) is 0 Å². The minimum absolute atomic E-state index is 0.0506. The molecule has 382 valence electrons. The van der Waals surface area contributed by atoms with Crippen LogP contribution in [0.25, 0.3) is 34.2 Å². The van der Waals surface area contributed by atoms with Gasteiger partial charge in [0, 0.05) is 69.5 Å². The number of carboxylic acid groups (broad SMARTS) is 1. The van der Waals surface area contributed by atoms with E-state index in [9.17, 15) is 29.1 Å². The number of nitrogens with zero attached hydrogens (tertiary/aromatic N) is 6. The van der Waals surface area contributed by atoms with E-state index < -0.39 is 18.1 Å². The topological polar surface area (TPSA) is 231 Å². The van der Waals surface area contributed by atoms with Crippen LogP contribution in [0.2, 0.25) is 0 Å². The predicted octanol–water partition coefficient (Wildman–Crippen LogP) is 7.98. The minimum atomic E-state index is -1.12. The van der Waals surface area contributed by atoms with Crippen LogP contribution in [0.4, 0.5) is 0 Å². The van der Waals surface area contributed by atoms with E-state index in [0.29, 0.717) is 77.2 Å². The number of aryl methyl sites for hydroxylation is 6. The number of carboxylic acids is 1. The van der Waals surface area contributed by atoms with E-state index in [-0.39, 0.29) is 49.4 Å². The zero-order valence-corrected chi connectivity index (χ0v) is 42.2. The van der Waals surface area contributed by atoms with E-state index in [1.165, 1.54) is 0 Å². The van der Waals surface area contributed by atoms with Gasteiger partial charge < -0.3 is 26.4 Å². The van der Waals surface area contributed by atoms with Gasteiger partial charge in [0.2, 0.25) is 23.6 Å². The third kappa shape index (κ3) is 19.1. The van der Waals surface area contributed by atoms with Crippen LogP contribution in [0.1, 0.15) is 110 Å². The predicted molar refractivity (Wildman–Crippen MR) is 281 cm³/mol. The average Bonchev–Trinajstić information content (AvgIpc) is 3.38. The zero-order valence-electron chi connectivity index (χ0n) is 42.2. The van der Waals surface area contributed by atoms with Gasteiger partial charge in [-0.1, -0.05) is 0 Å². The summed E-state index contributed by atoms with van der Waals surface area (Å²) in [6.07, 6.45) is 17.6. The number of aromatic nitrogens is 6. The number of hydrogen-bond donors (Lipinski definition) is 5. The normalized spacial score (nSPS) is 11.8. The van der Waals surface area contributed by atoms with Crippen molar-refractivity contribution in [2.24, 2.45) is 0 Å². The highest BCUT2D eigenvalue weighted by molar-refractivity contribution is 5.87. The van der Waals surface area contributed by atoms with E-state index in [1.54, 1.807) is 37.2 Å². The van der Waals surface area contributed by atoms with Gasteiger partial charge in [0.25, 0.3) is 0 Å². The van der Waals surface area contributed by atoms with Crippen molar-refractivity contribution in [2.75, 3.05) is 13.1 Å². The zero-order chi connectivity index (χ0) is 51.8. The van der Waals surface area contributed by atoms with Gasteiger partial charge in [-0.25, -0.2) is 4.79 Å². The number of unbranched alkanes of at least 4 members (excludes halogenated alkanes) is 2. The average molecular weight is 989 g/mol. The molecule has 0 saturated carbocycles. The summed E-state index contributed by atoms with van der Waals surface area (Å²) in [6.45, 7) is 6.71. The van der Waals surface area contributed by atoms with E-state index in [2.05, 4.69) is 51.2 Å². The van der Waals surface area contributed by atoms with Crippen molar-refractivity contribution in [1.82, 2.24) is 51.2 Å². The number of amides is 4. The van der Waals surface area contributed by atoms with Crippen molar-refractivity contribution < 1.29 is 29.1 Å². The van der Waals surface area contributed by atoms with Crippen LogP contribution in [-0.4, -0.2) is 89.8 Å². The lowest BCUT2D eigenvalue weighted by atomic mass is 10.1. The Labute approximate surface area is 428 Å². The number of aliphatic carboxylic acids is 1. The van der Waals surface area contributed by atoms with E-state index in [1.807, 2.05) is 93.6 Å². The third-order valence-electron chi connectivity index (χ3n) is 12.4. The maximum atomic E-state index is 13.6. The number of nitrogens with one attached hydrogen (secondary N) is 4. The van der Waals surface area contributed by atoms with Crippen molar-refractivity contribution in [3.05, 3.63) is 143 Å². The van der Waals surface area contributed by atoms with Crippen molar-refractivity contribution >= 4 is 29.6 Å². The SMILES string of the molecule is Cc1ccnc(-c2cc(CCCC(=O)NCCCCC(NC(=O)CCCc3ccnc(-c4cc(C)ccn4)c3)C(=O)NCCCCC(NC(=O)CCCc3ccnc(-c4cc(C)ccn4)c3)C(=O)O)ccn2)c1. The lowest BCUT2D eigenvalue weighted by molar-refractivity contribution is -0.142. The molecule has 6 rings (SSSR count). The maximum Gasteiger partial charge on any atom is 0.326 e. The van der Waals surface area contributed by atoms with Crippen LogP contribution >= 0.6 is 0 Å². The molecule has 0 fully saturated rings. The molecule has 0 radical (unpaired) electrons. The fourth-order valence-electron chi connectivity index (χ4n) is 8.35. The van der Waals surface area contributed by atoms with E-state index in [0.717, 1.165) is 74.0 Å². The smallest absolute Gasteiger partial charge is 0.326 e. The molecule has 0 spiro atoms. The Morgan fingerprint density at radius 3 is 1.16 bits per heavy atom. The van der Waals surface area contributed by atoms with Crippen LogP contribution < -0.4 is 21.3 Å². The third-order valence-corrected chi connectivity index (χ3v) is 12.4. The fourth-order valence-corrected chi connectivity index (χ4v) is 8.35. The number of carbonyl (C=O) groups excluding carboxylic acids is 4. The highest BCUT2D eigenvalue weighted by Gasteiger charge is 2.22. The summed E-state index contributed by atoms with van der Waals surface area (Å²) in [5, 5.41) is 21.4. The monoisotopic (exact) mass is 989 g/mol. The molecule has 0 aliphatic heterocycles. The summed E-state index contributed by atoms with van der Waals surface area (Å²) in [7, 11) is 0. The summed E-state index contributed by atoms with van der Waals surface area (Å²) >= 11 is 0. The highest BCUT2D eigenvalue weighted by Crippen LogP contribution is 2.21. The Kier molecular flexibility index (Phi) is 21.6. The molecule has 6 aromatic rings. The lowest BCUT2D eigenvalue weighted by Gasteiger charge is -2.19. The van der Waals surface area contributed by atoms with Crippen molar-refractivity contribution in [3.8, 4) is 34.2 Å². The Morgan fingerprint density at radius 1 is 0.425 bits per heavy atom. The molecule has 16 nitrogen and oxygen atoms in total. The summed E-state index contributed by atoms with van der Waals surface area (Å²) in [6, 6.07) is 21.6. The Bertz CT molecular complexity index is 2790. The molecule has 2 unspecified atom stereocenters. The van der Waals surface area contributed by atoms with Gasteiger partial charge >= 0.3 is 5.97 Å². The summed E-state index contributed by atoms with van der Waals surface area (Å²) in [5.74, 6) is -2.09. The standard InChI is InChI=1S/C57H68N10O6/c1-39-19-27-58-47(33-39)50-36-42(22-30-61-50)11-8-16-53(68)64-25-6-4-14-45(66-54(69)17-9-12-43-23-31-62-51(37-43)48-34-40(2)20-28-59-48)56(71)65-26-7-5-15-46(57(72)73)67-55(70)18-10-13-44-24-32-63-52(38-44)49-35-41(3)21-29-60-49/h19-24,27-38,45-46H,4-18,25-26H2,1-3H3,(H,64,68)(H,65,71)(H,66,69)(H,67,70)(H,72,73). The molecule has 6 heterocycles. The minimum Gasteiger partial charge on any atom is -0.480 e. The van der Waals surface area contributed by atoms with Gasteiger partial charge in [0.1, 0.15) is 12.1 Å². The van der Waals surface area contributed by atoms with E-state index >= 15 is 0 Å². The molecule has 5 N–H and O–H groups in total. The second-order valence-electron chi connectivity index (χ2n) is 18.6. The molecule has 0 saturated heterocycles. The molecule has 4 amide bonds. The molecule has 0 aliphatic rings. The number of pyridine rings is 6. The quantitative estimate of drug-likeness (QED) is 0.0282. The Hall–Kier alpha value is -7.75. The second kappa shape index (κ2) is 28.9. The lowest BCUT2D eigenvalue weighted by Crippen LogP contribution is -2.47. The first kappa shape index (κ1) is 54.6. The van der Waals surface area contributed by atoms with Gasteiger partial charge in [-0.3, -0.25) is 49.1 Å². The molecule has 0 aromatic carbocycles. The van der Waals surface area contributed by atoms with Gasteiger partial charge in [0.05, 0.1) is 34.2 Å². The molecular weight excluding hydrogens is 921 g/mol. The summed E-state index contributed by atoms with van der Waals surface area (Å²) < 4.78 is 0. The van der Waals surface area contributed by atoms with Crippen LogP contribution in [0.5, 0.6) is 0 Å². The van der Waals surface area contributed by atoms with Gasteiger partial charge in [-0.15, -0.1) is 0 Å². The number of carbonyl (C=O) groups is 5. The molecule has 2 atom stereocenters. The van der Waals surface area contributed by atoms with Crippen LogP contribution in [0, 0.1) is 20.8 Å². The van der Waals surface area contributed by atoms with E-state index in [4.69, 9.17) is 0 Å². The highest BCUT2D eigenvalue weighted by atomic mass is 16.4. The molecular formula is C57H68N10O6. The van der Waals surface area contributed by atoms with Crippen molar-refractivity contribution in [1.29, 1.82) is 0 Å². The molecule has 16 heteroatoms. The molecule has 73 heavy (non-hydrogen) atoms. The maximum absolute atomic E-state index is 13.6. The molecule has 0 aliphatic carbocycles. The Morgan fingerprint density at radius 2 is 0.767 bits per heavy atom. The van der Waals surface area contributed by atoms with Crippen molar-refractivity contribution in [2.45, 2.75) is 129 Å². The van der Waals surface area contributed by atoms with Crippen LogP contribution in [0.15, 0.2) is 110 Å². The van der Waals surface area contributed by atoms with Crippen LogP contribution in [-0.2, 0) is 43.2 Å². The first-order valence-corrected chi connectivity index (χ1v) is 25.4.